The van der Waals surface area contributed by atoms with Crippen LogP contribution in [0.25, 0.3) is 0 Å². The van der Waals surface area contributed by atoms with E-state index in [0.717, 1.165) is 16.9 Å². The number of aliphatic hydroxyl groups excluding tert-OH is 1. The van der Waals surface area contributed by atoms with E-state index in [1.807, 2.05) is 36.4 Å². The van der Waals surface area contributed by atoms with Crippen LogP contribution in [-0.2, 0) is 13.0 Å². The molecule has 0 fully saturated rings. The number of hydrogen-bond acceptors (Lipinski definition) is 3. The molecule has 2 rings (SSSR count). The molecule has 0 saturated carbocycles. The van der Waals surface area contributed by atoms with Crippen molar-refractivity contribution in [3.05, 3.63) is 59.7 Å². The Hall–Kier alpha value is -1.29. The van der Waals surface area contributed by atoms with Crippen LogP contribution < -0.4 is 5.73 Å². The first-order valence-corrected chi connectivity index (χ1v) is 6.81. The Labute approximate surface area is 112 Å². The maximum atomic E-state index is 9.34. The smallest absolute Gasteiger partial charge is 0.0692 e. The zero-order valence-corrected chi connectivity index (χ0v) is 11.0. The molecule has 3 heteroatoms. The largest absolute Gasteiger partial charge is 0.392 e. The lowest BCUT2D eigenvalue weighted by Gasteiger charge is -2.10. The highest BCUT2D eigenvalue weighted by Gasteiger charge is 2.06. The van der Waals surface area contributed by atoms with Crippen molar-refractivity contribution in [3.8, 4) is 0 Å². The normalized spacial score (nSPS) is 10.6. The van der Waals surface area contributed by atoms with Crippen LogP contribution in [0, 0.1) is 0 Å². The second-order valence-electron chi connectivity index (χ2n) is 4.01. The highest BCUT2D eigenvalue weighted by atomic mass is 32.2. The Bertz CT molecular complexity index is 513. The summed E-state index contributed by atoms with van der Waals surface area (Å²) in [5, 5.41) is 9.34. The molecule has 18 heavy (non-hydrogen) atoms. The van der Waals surface area contributed by atoms with Gasteiger partial charge in [-0.15, -0.1) is 0 Å². The minimum atomic E-state index is 0.0717. The van der Waals surface area contributed by atoms with E-state index in [-0.39, 0.29) is 6.61 Å². The molecule has 2 nitrogen and oxygen atoms in total. The van der Waals surface area contributed by atoms with Gasteiger partial charge in [0.15, 0.2) is 0 Å². The van der Waals surface area contributed by atoms with Gasteiger partial charge in [0.1, 0.15) is 0 Å². The summed E-state index contributed by atoms with van der Waals surface area (Å²) < 4.78 is 0. The lowest BCUT2D eigenvalue weighted by Crippen LogP contribution is -2.03. The van der Waals surface area contributed by atoms with E-state index in [9.17, 15) is 5.11 Å². The van der Waals surface area contributed by atoms with Gasteiger partial charge in [-0.05, 0) is 36.2 Å². The first-order chi connectivity index (χ1) is 8.85. The van der Waals surface area contributed by atoms with E-state index in [1.165, 1.54) is 10.5 Å². The second kappa shape index (κ2) is 6.59. The summed E-state index contributed by atoms with van der Waals surface area (Å²) in [5.41, 5.74) is 7.85. The van der Waals surface area contributed by atoms with Gasteiger partial charge in [0, 0.05) is 9.79 Å². The third kappa shape index (κ3) is 3.13. The van der Waals surface area contributed by atoms with Crippen molar-refractivity contribution in [2.45, 2.75) is 22.8 Å². The number of nitrogens with two attached hydrogens (primary N) is 1. The zero-order valence-electron chi connectivity index (χ0n) is 10.2. The quantitative estimate of drug-likeness (QED) is 0.868. The summed E-state index contributed by atoms with van der Waals surface area (Å²) in [6.07, 6.45) is 0.879. The van der Waals surface area contributed by atoms with Gasteiger partial charge in [0.05, 0.1) is 6.61 Å². The van der Waals surface area contributed by atoms with Crippen LogP contribution in [0.2, 0.25) is 0 Å². The monoisotopic (exact) mass is 259 g/mol. The van der Waals surface area contributed by atoms with Crippen LogP contribution in [-0.4, -0.2) is 11.7 Å². The molecular formula is C15H17NOS. The molecule has 0 aromatic heterocycles. The molecule has 0 aliphatic rings. The van der Waals surface area contributed by atoms with Crippen LogP contribution in [0.3, 0.4) is 0 Å². The molecule has 0 saturated heterocycles. The highest BCUT2D eigenvalue weighted by Crippen LogP contribution is 2.32. The van der Waals surface area contributed by atoms with Gasteiger partial charge in [-0.25, -0.2) is 0 Å². The molecule has 3 N–H and O–H groups in total. The maximum absolute atomic E-state index is 9.34. The van der Waals surface area contributed by atoms with Crippen LogP contribution in [0.4, 0.5) is 0 Å². The fourth-order valence-electron chi connectivity index (χ4n) is 1.82. The van der Waals surface area contributed by atoms with Crippen LogP contribution in [0.15, 0.2) is 58.3 Å². The van der Waals surface area contributed by atoms with Crippen molar-refractivity contribution in [1.82, 2.24) is 0 Å². The number of hydrogen-bond donors (Lipinski definition) is 2. The number of benzene rings is 2. The van der Waals surface area contributed by atoms with Gasteiger partial charge in [-0.3, -0.25) is 0 Å². The Morgan fingerprint density at radius 2 is 1.44 bits per heavy atom. The molecule has 0 radical (unpaired) electrons. The highest BCUT2D eigenvalue weighted by molar-refractivity contribution is 7.99. The van der Waals surface area contributed by atoms with Crippen molar-refractivity contribution in [2.75, 3.05) is 6.54 Å². The molecule has 0 unspecified atom stereocenters. The standard InChI is InChI=1S/C15H17NOS/c16-10-9-12-5-1-3-7-14(12)18-15-8-4-2-6-13(15)11-17/h1-8,17H,9-11,16H2. The summed E-state index contributed by atoms with van der Waals surface area (Å²) >= 11 is 1.69. The molecule has 0 heterocycles. The third-order valence-electron chi connectivity index (χ3n) is 2.75. The van der Waals surface area contributed by atoms with Crippen molar-refractivity contribution >= 4 is 11.8 Å². The molecular weight excluding hydrogens is 242 g/mol. The van der Waals surface area contributed by atoms with Gasteiger partial charge >= 0.3 is 0 Å². The average molecular weight is 259 g/mol. The third-order valence-corrected chi connectivity index (χ3v) is 3.99. The van der Waals surface area contributed by atoms with Crippen molar-refractivity contribution in [1.29, 1.82) is 0 Å². The Balaban J connectivity index is 2.28. The molecule has 0 spiro atoms. The topological polar surface area (TPSA) is 46.2 Å². The molecule has 0 amide bonds. The number of aliphatic hydroxyl groups is 1. The van der Waals surface area contributed by atoms with E-state index in [1.54, 1.807) is 11.8 Å². The predicted molar refractivity (Wildman–Crippen MR) is 75.7 cm³/mol. The van der Waals surface area contributed by atoms with Crippen molar-refractivity contribution in [3.63, 3.8) is 0 Å². The van der Waals surface area contributed by atoms with E-state index in [0.29, 0.717) is 6.54 Å². The summed E-state index contributed by atoms with van der Waals surface area (Å²) in [4.78, 5) is 2.31. The zero-order chi connectivity index (χ0) is 12.8. The van der Waals surface area contributed by atoms with E-state index >= 15 is 0 Å². The molecule has 2 aromatic rings. The molecule has 0 aliphatic carbocycles. The fraction of sp³-hybridized carbons (Fsp3) is 0.200. The Morgan fingerprint density at radius 3 is 2.06 bits per heavy atom. The molecule has 0 atom stereocenters. The first kappa shape index (κ1) is 13.1. The fourth-order valence-corrected chi connectivity index (χ4v) is 2.91. The minimum Gasteiger partial charge on any atom is -0.392 e. The maximum Gasteiger partial charge on any atom is 0.0692 e. The Morgan fingerprint density at radius 1 is 0.889 bits per heavy atom. The van der Waals surface area contributed by atoms with E-state index in [4.69, 9.17) is 5.73 Å². The van der Waals surface area contributed by atoms with E-state index in [2.05, 4.69) is 12.1 Å². The SMILES string of the molecule is NCCc1ccccc1Sc1ccccc1CO. The lowest BCUT2D eigenvalue weighted by molar-refractivity contribution is 0.279. The predicted octanol–water partition coefficient (Wildman–Crippen LogP) is 2.83. The van der Waals surface area contributed by atoms with Gasteiger partial charge in [0.2, 0.25) is 0 Å². The van der Waals surface area contributed by atoms with Crippen LogP contribution in [0.1, 0.15) is 11.1 Å². The molecule has 2 aromatic carbocycles. The molecule has 0 aliphatic heterocycles. The van der Waals surface area contributed by atoms with Gasteiger partial charge < -0.3 is 10.8 Å². The summed E-state index contributed by atoms with van der Waals surface area (Å²) in [6.45, 7) is 0.724. The second-order valence-corrected chi connectivity index (χ2v) is 5.10. The van der Waals surface area contributed by atoms with Gasteiger partial charge in [0.25, 0.3) is 0 Å². The van der Waals surface area contributed by atoms with E-state index < -0.39 is 0 Å². The molecule has 0 bridgehead atoms. The van der Waals surface area contributed by atoms with Gasteiger partial charge in [-0.2, -0.15) is 0 Å². The first-order valence-electron chi connectivity index (χ1n) is 5.99. The van der Waals surface area contributed by atoms with Crippen molar-refractivity contribution in [2.24, 2.45) is 5.73 Å². The summed E-state index contributed by atoms with van der Waals surface area (Å²) in [5.74, 6) is 0. The average Bonchev–Trinajstić information content (AvgIpc) is 2.42. The minimum absolute atomic E-state index is 0.0717. The summed E-state index contributed by atoms with van der Waals surface area (Å²) in [6, 6.07) is 16.2. The Kier molecular flexibility index (Phi) is 4.81. The number of rotatable bonds is 5. The van der Waals surface area contributed by atoms with Gasteiger partial charge in [-0.1, -0.05) is 48.2 Å². The van der Waals surface area contributed by atoms with Crippen LogP contribution in [0.5, 0.6) is 0 Å². The molecule has 94 valence electrons. The van der Waals surface area contributed by atoms with Crippen LogP contribution >= 0.6 is 11.8 Å². The lowest BCUT2D eigenvalue weighted by atomic mass is 10.1. The summed E-state index contributed by atoms with van der Waals surface area (Å²) in [7, 11) is 0. The van der Waals surface area contributed by atoms with Crippen molar-refractivity contribution < 1.29 is 5.11 Å².